The van der Waals surface area contributed by atoms with Crippen LogP contribution in [0.25, 0.3) is 0 Å². The van der Waals surface area contributed by atoms with E-state index in [1.165, 1.54) is 0 Å². The lowest BCUT2D eigenvalue weighted by atomic mass is 9.90. The number of nitrogens with zero attached hydrogens (tertiary/aromatic N) is 1. The van der Waals surface area contributed by atoms with Gasteiger partial charge in [0.05, 0.1) is 0 Å². The summed E-state index contributed by atoms with van der Waals surface area (Å²) in [4.78, 5) is 26.2. The summed E-state index contributed by atoms with van der Waals surface area (Å²) in [7, 11) is 0. The van der Waals surface area contributed by atoms with Crippen molar-refractivity contribution in [1.82, 2.24) is 4.90 Å². The molecule has 0 spiro atoms. The molecule has 0 aromatic carbocycles. The highest BCUT2D eigenvalue weighted by Gasteiger charge is 2.40. The summed E-state index contributed by atoms with van der Waals surface area (Å²) in [5.74, 6) is 0.761. The molecular formula is C15H25NO2. The number of Topliss-reactive ketones (excluding diaryl/α,β-unsaturated/α-hetero) is 1. The van der Waals surface area contributed by atoms with Crippen LogP contribution in [0.5, 0.6) is 0 Å². The maximum absolute atomic E-state index is 12.3. The van der Waals surface area contributed by atoms with Gasteiger partial charge in [0, 0.05) is 31.3 Å². The molecule has 1 amide bonds. The second-order valence-corrected chi connectivity index (χ2v) is 7.00. The van der Waals surface area contributed by atoms with Crippen molar-refractivity contribution in [2.24, 2.45) is 11.3 Å². The van der Waals surface area contributed by atoms with Crippen molar-refractivity contribution in [2.45, 2.75) is 65.3 Å². The molecule has 0 radical (unpaired) electrons. The Labute approximate surface area is 110 Å². The summed E-state index contributed by atoms with van der Waals surface area (Å²) in [6.45, 7) is 7.13. The minimum atomic E-state index is 0.0317. The molecular weight excluding hydrogens is 226 g/mol. The Bertz CT molecular complexity index is 343. The molecule has 0 aromatic rings. The van der Waals surface area contributed by atoms with Crippen molar-refractivity contribution in [3.05, 3.63) is 0 Å². The van der Waals surface area contributed by atoms with Crippen LogP contribution >= 0.6 is 0 Å². The Morgan fingerprint density at radius 3 is 2.56 bits per heavy atom. The first-order valence-electron chi connectivity index (χ1n) is 7.21. The zero-order chi connectivity index (χ0) is 13.3. The van der Waals surface area contributed by atoms with Crippen molar-refractivity contribution in [2.75, 3.05) is 6.54 Å². The topological polar surface area (TPSA) is 37.4 Å². The zero-order valence-electron chi connectivity index (χ0n) is 11.9. The first kappa shape index (κ1) is 13.6. The average molecular weight is 251 g/mol. The third kappa shape index (κ3) is 2.93. The minimum absolute atomic E-state index is 0.0317. The fraction of sp³-hybridized carbons (Fsp3) is 0.867. The van der Waals surface area contributed by atoms with Gasteiger partial charge in [0.25, 0.3) is 0 Å². The van der Waals surface area contributed by atoms with Crippen molar-refractivity contribution in [1.29, 1.82) is 0 Å². The molecule has 1 saturated carbocycles. The molecule has 3 heteroatoms. The fourth-order valence-corrected chi connectivity index (χ4v) is 3.33. The standard InChI is InChI=1S/C15H25NO2/c1-15(2,3)10-14(18)16-9-5-7-12(16)11-6-4-8-13(11)17/h11-12H,4-10H2,1-3H3. The summed E-state index contributed by atoms with van der Waals surface area (Å²) in [5.41, 5.74) is 0.0317. The number of hydrogen-bond donors (Lipinski definition) is 0. The van der Waals surface area contributed by atoms with Crippen LogP contribution in [0.15, 0.2) is 0 Å². The lowest BCUT2D eigenvalue weighted by molar-refractivity contribution is -0.136. The number of amides is 1. The number of ketones is 1. The molecule has 102 valence electrons. The van der Waals surface area contributed by atoms with E-state index in [2.05, 4.69) is 20.8 Å². The highest BCUT2D eigenvalue weighted by atomic mass is 16.2. The molecule has 0 aromatic heterocycles. The Hall–Kier alpha value is -0.860. The molecule has 0 N–H and O–H groups in total. The number of carbonyl (C=O) groups excluding carboxylic acids is 2. The molecule has 2 aliphatic rings. The van der Waals surface area contributed by atoms with Gasteiger partial charge in [-0.2, -0.15) is 0 Å². The van der Waals surface area contributed by atoms with Gasteiger partial charge >= 0.3 is 0 Å². The van der Waals surface area contributed by atoms with Crippen LogP contribution in [0.1, 0.15) is 59.3 Å². The van der Waals surface area contributed by atoms with E-state index < -0.39 is 0 Å². The number of rotatable bonds is 2. The third-order valence-electron chi connectivity index (χ3n) is 4.12. The van der Waals surface area contributed by atoms with E-state index in [0.29, 0.717) is 12.2 Å². The highest BCUT2D eigenvalue weighted by molar-refractivity contribution is 5.85. The molecule has 2 fully saturated rings. The normalized spacial score (nSPS) is 29.1. The van der Waals surface area contributed by atoms with E-state index in [0.717, 1.165) is 38.6 Å². The van der Waals surface area contributed by atoms with E-state index in [9.17, 15) is 9.59 Å². The van der Waals surface area contributed by atoms with Gasteiger partial charge in [0.2, 0.25) is 5.91 Å². The van der Waals surface area contributed by atoms with E-state index in [-0.39, 0.29) is 23.3 Å². The summed E-state index contributed by atoms with van der Waals surface area (Å²) < 4.78 is 0. The Balaban J connectivity index is 2.03. The fourth-order valence-electron chi connectivity index (χ4n) is 3.33. The maximum Gasteiger partial charge on any atom is 0.223 e. The molecule has 18 heavy (non-hydrogen) atoms. The monoisotopic (exact) mass is 251 g/mol. The SMILES string of the molecule is CC(C)(C)CC(=O)N1CCCC1C1CCCC1=O. The molecule has 2 rings (SSSR count). The van der Waals surface area contributed by atoms with Gasteiger partial charge < -0.3 is 4.90 Å². The van der Waals surface area contributed by atoms with Gasteiger partial charge in [0.15, 0.2) is 0 Å². The number of carbonyl (C=O) groups is 2. The lowest BCUT2D eigenvalue weighted by Crippen LogP contribution is -2.42. The van der Waals surface area contributed by atoms with Gasteiger partial charge in [-0.05, 0) is 31.1 Å². The second kappa shape index (κ2) is 5.02. The quantitative estimate of drug-likeness (QED) is 0.756. The molecule has 0 bridgehead atoms. The van der Waals surface area contributed by atoms with Gasteiger partial charge in [-0.1, -0.05) is 20.8 Å². The van der Waals surface area contributed by atoms with Crippen molar-refractivity contribution in [3.63, 3.8) is 0 Å². The maximum atomic E-state index is 12.3. The Morgan fingerprint density at radius 2 is 2.00 bits per heavy atom. The molecule has 2 unspecified atom stereocenters. The van der Waals surface area contributed by atoms with Crippen molar-refractivity contribution in [3.8, 4) is 0 Å². The van der Waals surface area contributed by atoms with Gasteiger partial charge in [0.1, 0.15) is 5.78 Å². The summed E-state index contributed by atoms with van der Waals surface area (Å²) in [5, 5.41) is 0. The molecule has 1 aliphatic carbocycles. The largest absolute Gasteiger partial charge is 0.339 e. The molecule has 2 atom stereocenters. The van der Waals surface area contributed by atoms with Crippen LogP contribution in [0.4, 0.5) is 0 Å². The van der Waals surface area contributed by atoms with Gasteiger partial charge in [-0.25, -0.2) is 0 Å². The van der Waals surface area contributed by atoms with Crippen LogP contribution in [0, 0.1) is 11.3 Å². The third-order valence-corrected chi connectivity index (χ3v) is 4.12. The van der Waals surface area contributed by atoms with Crippen molar-refractivity contribution < 1.29 is 9.59 Å². The smallest absolute Gasteiger partial charge is 0.223 e. The van der Waals surface area contributed by atoms with E-state index in [1.54, 1.807) is 0 Å². The van der Waals surface area contributed by atoms with Crippen molar-refractivity contribution >= 4 is 11.7 Å². The number of likely N-dealkylation sites (tertiary alicyclic amines) is 1. The predicted octanol–water partition coefficient (Wildman–Crippen LogP) is 2.78. The highest BCUT2D eigenvalue weighted by Crippen LogP contribution is 2.34. The summed E-state index contributed by atoms with van der Waals surface area (Å²) in [6.07, 6.45) is 5.40. The first-order chi connectivity index (χ1) is 8.38. The Kier molecular flexibility index (Phi) is 3.79. The van der Waals surface area contributed by atoms with E-state index in [1.807, 2.05) is 4.90 Å². The zero-order valence-corrected chi connectivity index (χ0v) is 11.9. The average Bonchev–Trinajstić information content (AvgIpc) is 2.82. The van der Waals surface area contributed by atoms with Crippen LogP contribution in [0.3, 0.4) is 0 Å². The van der Waals surface area contributed by atoms with Crippen LogP contribution < -0.4 is 0 Å². The molecule has 1 aliphatic heterocycles. The molecule has 1 saturated heterocycles. The van der Waals surface area contributed by atoms with Gasteiger partial charge in [-0.3, -0.25) is 9.59 Å². The lowest BCUT2D eigenvalue weighted by Gasteiger charge is -2.31. The van der Waals surface area contributed by atoms with Crippen LogP contribution in [0.2, 0.25) is 0 Å². The Morgan fingerprint density at radius 1 is 1.28 bits per heavy atom. The summed E-state index contributed by atoms with van der Waals surface area (Å²) >= 11 is 0. The minimum Gasteiger partial charge on any atom is -0.339 e. The molecule has 1 heterocycles. The first-order valence-corrected chi connectivity index (χ1v) is 7.21. The number of hydrogen-bond acceptors (Lipinski definition) is 2. The summed E-state index contributed by atoms with van der Waals surface area (Å²) in [6, 6.07) is 0.204. The second-order valence-electron chi connectivity index (χ2n) is 7.00. The van der Waals surface area contributed by atoms with Crippen LogP contribution in [-0.2, 0) is 9.59 Å². The van der Waals surface area contributed by atoms with Crippen LogP contribution in [-0.4, -0.2) is 29.2 Å². The van der Waals surface area contributed by atoms with Gasteiger partial charge in [-0.15, -0.1) is 0 Å². The predicted molar refractivity (Wildman–Crippen MR) is 71.2 cm³/mol. The molecule has 3 nitrogen and oxygen atoms in total. The van der Waals surface area contributed by atoms with E-state index >= 15 is 0 Å². The van der Waals surface area contributed by atoms with E-state index in [4.69, 9.17) is 0 Å².